The topological polar surface area (TPSA) is 215 Å². The van der Waals surface area contributed by atoms with Crippen LogP contribution in [0.5, 0.6) is 0 Å². The number of nitrogens with two attached hydrogens (primary N) is 3. The zero-order chi connectivity index (χ0) is 25.7. The van der Waals surface area contributed by atoms with Crippen LogP contribution in [0.1, 0.15) is 60.3 Å². The van der Waals surface area contributed by atoms with Crippen LogP contribution in [-0.2, 0) is 19.2 Å². The molecular formula is C21H41N7O5. The van der Waals surface area contributed by atoms with Gasteiger partial charge in [0.25, 0.3) is 0 Å². The fraction of sp³-hybridized carbons (Fsp3) is 0.762. The van der Waals surface area contributed by atoms with E-state index in [-0.39, 0.29) is 37.2 Å². The molecule has 10 N–H and O–H groups in total. The molecule has 4 unspecified atom stereocenters. The highest BCUT2D eigenvalue weighted by Gasteiger charge is 2.30. The standard InChI is InChI=1S/C21H41N7O5/c1-11(2)9-15(27-17(29)13(5)22)19(31)28-16(10-12(3)4)18(30)26-14(20(32)33)7-6-8-25-21(23)24/h11-16H,6-10,22H2,1-5H3,(H,26,30)(H,27,29)(H,28,31)(H,32,33)(H4,23,24,25). The van der Waals surface area contributed by atoms with Gasteiger partial charge in [-0.3, -0.25) is 19.4 Å². The molecule has 0 aromatic carbocycles. The normalized spacial score (nSPS) is 14.7. The monoisotopic (exact) mass is 471 g/mol. The van der Waals surface area contributed by atoms with Gasteiger partial charge in [0.2, 0.25) is 17.7 Å². The molecule has 0 saturated carbocycles. The minimum atomic E-state index is -1.20. The van der Waals surface area contributed by atoms with Crippen LogP contribution in [0.2, 0.25) is 0 Å². The van der Waals surface area contributed by atoms with Crippen LogP contribution in [0.3, 0.4) is 0 Å². The van der Waals surface area contributed by atoms with Crippen molar-refractivity contribution in [3.8, 4) is 0 Å². The van der Waals surface area contributed by atoms with E-state index in [1.807, 2.05) is 27.7 Å². The van der Waals surface area contributed by atoms with Crippen LogP contribution < -0.4 is 33.2 Å². The van der Waals surface area contributed by atoms with Crippen molar-refractivity contribution in [1.29, 1.82) is 0 Å². The number of aliphatic carboxylic acids is 1. The van der Waals surface area contributed by atoms with Gasteiger partial charge in [0, 0.05) is 6.54 Å². The number of guanidine groups is 1. The third kappa shape index (κ3) is 13.3. The Morgan fingerprint density at radius 1 is 0.788 bits per heavy atom. The van der Waals surface area contributed by atoms with Gasteiger partial charge in [0.15, 0.2) is 5.96 Å². The first-order valence-corrected chi connectivity index (χ1v) is 11.2. The molecule has 0 fully saturated rings. The lowest BCUT2D eigenvalue weighted by Gasteiger charge is -2.26. The van der Waals surface area contributed by atoms with Gasteiger partial charge in [-0.25, -0.2) is 4.79 Å². The lowest BCUT2D eigenvalue weighted by Crippen LogP contribution is -2.57. The molecule has 0 aliphatic heterocycles. The summed E-state index contributed by atoms with van der Waals surface area (Å²) in [5.74, 6) is -2.80. The lowest BCUT2D eigenvalue weighted by atomic mass is 9.99. The first-order chi connectivity index (χ1) is 15.2. The van der Waals surface area contributed by atoms with Crippen molar-refractivity contribution in [1.82, 2.24) is 16.0 Å². The summed E-state index contributed by atoms with van der Waals surface area (Å²) in [7, 11) is 0. The highest BCUT2D eigenvalue weighted by atomic mass is 16.4. The number of nitrogens with one attached hydrogen (secondary N) is 3. The largest absolute Gasteiger partial charge is 0.480 e. The Morgan fingerprint density at radius 3 is 1.58 bits per heavy atom. The summed E-state index contributed by atoms with van der Waals surface area (Å²) in [6, 6.07) is -3.81. The lowest BCUT2D eigenvalue weighted by molar-refractivity contribution is -0.142. The molecule has 0 rings (SSSR count). The maximum Gasteiger partial charge on any atom is 0.326 e. The van der Waals surface area contributed by atoms with Gasteiger partial charge in [0.1, 0.15) is 18.1 Å². The Kier molecular flexibility index (Phi) is 13.7. The summed E-state index contributed by atoms with van der Waals surface area (Å²) in [4.78, 5) is 53.2. The summed E-state index contributed by atoms with van der Waals surface area (Å²) in [5, 5.41) is 17.2. The smallest absolute Gasteiger partial charge is 0.326 e. The SMILES string of the molecule is CC(C)CC(NC(=O)C(C)N)C(=O)NC(CC(C)C)C(=O)NC(CCCN=C(N)N)C(=O)O. The van der Waals surface area contributed by atoms with Gasteiger partial charge in [-0.05, 0) is 44.4 Å². The third-order valence-corrected chi connectivity index (χ3v) is 4.65. The van der Waals surface area contributed by atoms with Crippen LogP contribution >= 0.6 is 0 Å². The van der Waals surface area contributed by atoms with Gasteiger partial charge in [0.05, 0.1) is 6.04 Å². The van der Waals surface area contributed by atoms with Crippen LogP contribution in [0.25, 0.3) is 0 Å². The Balaban J connectivity index is 5.37. The maximum absolute atomic E-state index is 12.9. The second-order valence-electron chi connectivity index (χ2n) is 9.02. The first-order valence-electron chi connectivity index (χ1n) is 11.2. The number of rotatable bonds is 15. The third-order valence-electron chi connectivity index (χ3n) is 4.65. The summed E-state index contributed by atoms with van der Waals surface area (Å²) < 4.78 is 0. The molecule has 12 nitrogen and oxygen atoms in total. The molecule has 0 bridgehead atoms. The van der Waals surface area contributed by atoms with E-state index in [4.69, 9.17) is 17.2 Å². The average Bonchev–Trinajstić information content (AvgIpc) is 2.67. The van der Waals surface area contributed by atoms with Crippen LogP contribution in [0.15, 0.2) is 4.99 Å². The molecule has 4 atom stereocenters. The number of amides is 3. The fourth-order valence-corrected chi connectivity index (χ4v) is 3.01. The predicted octanol–water partition coefficient (Wildman–Crippen LogP) is -0.982. The Labute approximate surface area is 195 Å². The molecule has 190 valence electrons. The second kappa shape index (κ2) is 15.0. The maximum atomic E-state index is 12.9. The minimum absolute atomic E-state index is 0.0356. The summed E-state index contributed by atoms with van der Waals surface area (Å²) in [6.45, 7) is 9.28. The molecule has 0 aromatic rings. The number of carboxylic acid groups (broad SMARTS) is 1. The van der Waals surface area contributed by atoms with Crippen molar-refractivity contribution in [3.63, 3.8) is 0 Å². The van der Waals surface area contributed by atoms with Gasteiger partial charge in [-0.1, -0.05) is 27.7 Å². The van der Waals surface area contributed by atoms with E-state index >= 15 is 0 Å². The van der Waals surface area contributed by atoms with Gasteiger partial charge >= 0.3 is 5.97 Å². The van der Waals surface area contributed by atoms with Crippen molar-refractivity contribution in [3.05, 3.63) is 0 Å². The number of aliphatic imine (C=N–C) groups is 1. The molecule has 0 radical (unpaired) electrons. The van der Waals surface area contributed by atoms with E-state index in [0.717, 1.165) is 0 Å². The van der Waals surface area contributed by atoms with Gasteiger partial charge in [-0.15, -0.1) is 0 Å². The fourth-order valence-electron chi connectivity index (χ4n) is 3.01. The second-order valence-corrected chi connectivity index (χ2v) is 9.02. The Hall–Kier alpha value is -2.89. The zero-order valence-electron chi connectivity index (χ0n) is 20.3. The van der Waals surface area contributed by atoms with Gasteiger partial charge in [-0.2, -0.15) is 0 Å². The molecule has 0 aliphatic rings. The molecule has 12 heteroatoms. The van der Waals surface area contributed by atoms with Crippen LogP contribution in [-0.4, -0.2) is 65.5 Å². The summed E-state index contributed by atoms with van der Waals surface area (Å²) in [6.07, 6.45) is 1.09. The van der Waals surface area contributed by atoms with Crippen molar-refractivity contribution in [2.24, 2.45) is 34.0 Å². The van der Waals surface area contributed by atoms with Crippen LogP contribution in [0, 0.1) is 11.8 Å². The van der Waals surface area contributed by atoms with E-state index in [2.05, 4.69) is 20.9 Å². The molecule has 33 heavy (non-hydrogen) atoms. The number of carbonyl (C=O) groups excluding carboxylic acids is 3. The Morgan fingerprint density at radius 2 is 1.21 bits per heavy atom. The van der Waals surface area contributed by atoms with Crippen molar-refractivity contribution in [2.45, 2.75) is 84.5 Å². The zero-order valence-corrected chi connectivity index (χ0v) is 20.3. The van der Waals surface area contributed by atoms with Gasteiger partial charge < -0.3 is 38.3 Å². The molecule has 0 aliphatic carbocycles. The van der Waals surface area contributed by atoms with E-state index in [1.54, 1.807) is 0 Å². The molecular weight excluding hydrogens is 430 g/mol. The van der Waals surface area contributed by atoms with E-state index in [0.29, 0.717) is 12.8 Å². The highest BCUT2D eigenvalue weighted by molar-refractivity contribution is 5.94. The number of carboxylic acids is 1. The van der Waals surface area contributed by atoms with E-state index in [9.17, 15) is 24.3 Å². The average molecular weight is 472 g/mol. The van der Waals surface area contributed by atoms with Crippen LogP contribution in [0.4, 0.5) is 0 Å². The van der Waals surface area contributed by atoms with Crippen molar-refractivity contribution < 1.29 is 24.3 Å². The Bertz CT molecular complexity index is 690. The van der Waals surface area contributed by atoms with Crippen molar-refractivity contribution >= 4 is 29.7 Å². The van der Waals surface area contributed by atoms with Crippen molar-refractivity contribution in [2.75, 3.05) is 6.54 Å². The van der Waals surface area contributed by atoms with E-state index < -0.39 is 47.9 Å². The molecule has 0 heterocycles. The number of carbonyl (C=O) groups is 4. The number of nitrogens with zero attached hydrogens (tertiary/aromatic N) is 1. The summed E-state index contributed by atoms with van der Waals surface area (Å²) >= 11 is 0. The predicted molar refractivity (Wildman–Crippen MR) is 126 cm³/mol. The van der Waals surface area contributed by atoms with E-state index in [1.165, 1.54) is 6.92 Å². The summed E-state index contributed by atoms with van der Waals surface area (Å²) in [5.41, 5.74) is 16.1. The minimum Gasteiger partial charge on any atom is -0.480 e. The number of hydrogen-bond donors (Lipinski definition) is 7. The molecule has 0 saturated heterocycles. The molecule has 0 spiro atoms. The quantitative estimate of drug-likeness (QED) is 0.0892. The molecule has 3 amide bonds. The molecule has 0 aromatic heterocycles. The number of hydrogen-bond acceptors (Lipinski definition) is 6. The highest BCUT2D eigenvalue weighted by Crippen LogP contribution is 2.10. The first kappa shape index (κ1) is 30.1.